The molecule has 178 valence electrons. The number of amides is 2. The molecule has 3 aromatic rings. The van der Waals surface area contributed by atoms with Crippen LogP contribution in [0.25, 0.3) is 5.69 Å². The van der Waals surface area contributed by atoms with Crippen molar-refractivity contribution in [2.24, 2.45) is 0 Å². The van der Waals surface area contributed by atoms with Crippen molar-refractivity contribution in [1.29, 1.82) is 0 Å². The van der Waals surface area contributed by atoms with Gasteiger partial charge in [-0.05, 0) is 49.4 Å². The van der Waals surface area contributed by atoms with Gasteiger partial charge in [-0.15, -0.1) is 10.2 Å². The van der Waals surface area contributed by atoms with Gasteiger partial charge in [-0.25, -0.2) is 0 Å². The van der Waals surface area contributed by atoms with Crippen LogP contribution in [0.5, 0.6) is 0 Å². The summed E-state index contributed by atoms with van der Waals surface area (Å²) in [7, 11) is 0. The molecule has 7 nitrogen and oxygen atoms in total. The molecule has 9 heteroatoms. The molecule has 1 saturated heterocycles. The van der Waals surface area contributed by atoms with Gasteiger partial charge in [-0.3, -0.25) is 14.2 Å². The Morgan fingerprint density at radius 1 is 1.15 bits per heavy atom. The summed E-state index contributed by atoms with van der Waals surface area (Å²) in [5, 5.41) is 12.6. The van der Waals surface area contributed by atoms with E-state index in [1.165, 1.54) is 11.8 Å². The van der Waals surface area contributed by atoms with E-state index >= 15 is 0 Å². The van der Waals surface area contributed by atoms with Gasteiger partial charge in [-0.2, -0.15) is 0 Å². The minimum Gasteiger partial charge on any atom is -0.353 e. The Bertz CT molecular complexity index is 1130. The van der Waals surface area contributed by atoms with E-state index in [9.17, 15) is 9.59 Å². The number of carbonyl (C=O) groups is 2. The lowest BCUT2D eigenvalue weighted by atomic mass is 10.0. The smallest absolute Gasteiger partial charge is 0.233 e. The normalized spacial score (nSPS) is 14.2. The first-order valence-electron chi connectivity index (χ1n) is 11.4. The first kappa shape index (κ1) is 24.3. The second-order valence-electron chi connectivity index (χ2n) is 8.41. The fourth-order valence-electron chi connectivity index (χ4n) is 3.92. The Morgan fingerprint density at radius 2 is 1.91 bits per heavy atom. The molecule has 1 aliphatic heterocycles. The summed E-state index contributed by atoms with van der Waals surface area (Å²) < 4.78 is 1.83. The zero-order valence-corrected chi connectivity index (χ0v) is 20.7. The van der Waals surface area contributed by atoms with Crippen molar-refractivity contribution in [3.63, 3.8) is 0 Å². The van der Waals surface area contributed by atoms with Gasteiger partial charge in [0.05, 0.1) is 11.4 Å². The van der Waals surface area contributed by atoms with Gasteiger partial charge >= 0.3 is 0 Å². The zero-order valence-electron chi connectivity index (χ0n) is 19.1. The quantitative estimate of drug-likeness (QED) is 0.475. The zero-order chi connectivity index (χ0) is 23.9. The van der Waals surface area contributed by atoms with Crippen LogP contribution in [-0.4, -0.2) is 56.4 Å². The molecule has 0 atom stereocenters. The van der Waals surface area contributed by atoms with E-state index in [4.69, 9.17) is 11.6 Å². The number of piperidine rings is 1. The number of rotatable bonds is 8. The number of halogens is 1. The molecule has 1 aromatic heterocycles. The number of aryl methyl sites for hydroxylation is 2. The minimum absolute atomic E-state index is 0.0651. The van der Waals surface area contributed by atoms with Crippen molar-refractivity contribution in [2.45, 2.75) is 43.8 Å². The minimum atomic E-state index is 0.0651. The molecule has 0 unspecified atom stereocenters. The molecule has 0 bridgehead atoms. The highest BCUT2D eigenvalue weighted by molar-refractivity contribution is 7.99. The topological polar surface area (TPSA) is 80.1 Å². The molecular weight excluding hydrogens is 470 g/mol. The lowest BCUT2D eigenvalue weighted by Crippen LogP contribution is -2.47. The van der Waals surface area contributed by atoms with Crippen molar-refractivity contribution in [1.82, 2.24) is 25.0 Å². The first-order chi connectivity index (χ1) is 16.5. The van der Waals surface area contributed by atoms with Gasteiger partial charge in [0.15, 0.2) is 5.16 Å². The van der Waals surface area contributed by atoms with Gasteiger partial charge < -0.3 is 10.2 Å². The molecule has 2 heterocycles. The highest BCUT2D eigenvalue weighted by atomic mass is 35.5. The van der Waals surface area contributed by atoms with Crippen LogP contribution >= 0.6 is 23.4 Å². The van der Waals surface area contributed by atoms with E-state index in [2.05, 4.69) is 15.5 Å². The number of aromatic nitrogens is 3. The number of carbonyl (C=O) groups excluding carboxylic acids is 2. The molecule has 0 spiro atoms. The predicted molar refractivity (Wildman–Crippen MR) is 134 cm³/mol. The molecule has 0 aliphatic carbocycles. The van der Waals surface area contributed by atoms with E-state index in [1.54, 1.807) is 6.33 Å². The van der Waals surface area contributed by atoms with Gasteiger partial charge in [0.1, 0.15) is 6.33 Å². The number of likely N-dealkylation sites (tertiary alicyclic amines) is 1. The van der Waals surface area contributed by atoms with Crippen LogP contribution in [-0.2, 0) is 16.0 Å². The number of thioether (sulfide) groups is 1. The maximum Gasteiger partial charge on any atom is 0.233 e. The van der Waals surface area contributed by atoms with E-state index in [1.807, 2.05) is 64.9 Å². The van der Waals surface area contributed by atoms with Gasteiger partial charge in [-0.1, -0.05) is 59.8 Å². The monoisotopic (exact) mass is 497 g/mol. The molecule has 34 heavy (non-hydrogen) atoms. The third-order valence-corrected chi connectivity index (χ3v) is 7.31. The third-order valence-electron chi connectivity index (χ3n) is 5.97. The van der Waals surface area contributed by atoms with Gasteiger partial charge in [0.2, 0.25) is 11.8 Å². The Hall–Kier alpha value is -2.84. The summed E-state index contributed by atoms with van der Waals surface area (Å²) in [6.07, 6.45) is 4.38. The fraction of sp³-hybridized carbons (Fsp3) is 0.360. The Balaban J connectivity index is 1.21. The second-order valence-corrected chi connectivity index (χ2v) is 9.76. The van der Waals surface area contributed by atoms with Crippen molar-refractivity contribution >= 4 is 35.2 Å². The summed E-state index contributed by atoms with van der Waals surface area (Å²) >= 11 is 7.61. The van der Waals surface area contributed by atoms with Crippen LogP contribution in [0.2, 0.25) is 5.02 Å². The van der Waals surface area contributed by atoms with Crippen molar-refractivity contribution in [3.05, 3.63) is 71.0 Å². The van der Waals surface area contributed by atoms with Gasteiger partial charge in [0, 0.05) is 30.6 Å². The molecule has 0 radical (unpaired) electrons. The highest BCUT2D eigenvalue weighted by Crippen LogP contribution is 2.24. The largest absolute Gasteiger partial charge is 0.353 e. The highest BCUT2D eigenvalue weighted by Gasteiger charge is 2.24. The molecule has 0 saturated carbocycles. The summed E-state index contributed by atoms with van der Waals surface area (Å²) in [6.45, 7) is 3.23. The number of nitrogens with one attached hydrogen (secondary N) is 1. The molecule has 1 N–H and O–H groups in total. The maximum atomic E-state index is 12.8. The van der Waals surface area contributed by atoms with Crippen LogP contribution in [0.4, 0.5) is 0 Å². The summed E-state index contributed by atoms with van der Waals surface area (Å²) in [4.78, 5) is 26.9. The molecular formula is C25H28ClN5O2S. The standard InChI is InChI=1S/C25H28ClN5O2S/c1-18-7-9-21(15-22(18)26)31-17-27-29-25(31)34-16-24(33)30-13-11-20(12-14-30)28-23(32)10-8-19-5-3-2-4-6-19/h2-7,9,15,17,20H,8,10-14,16H2,1H3,(H,28,32). The number of hydrogen-bond donors (Lipinski definition) is 1. The summed E-state index contributed by atoms with van der Waals surface area (Å²) in [5.41, 5.74) is 3.02. The van der Waals surface area contributed by atoms with Crippen molar-refractivity contribution < 1.29 is 9.59 Å². The molecule has 2 aromatic carbocycles. The lowest BCUT2D eigenvalue weighted by Gasteiger charge is -2.32. The van der Waals surface area contributed by atoms with E-state index in [-0.39, 0.29) is 23.6 Å². The van der Waals surface area contributed by atoms with Crippen LogP contribution in [0, 0.1) is 6.92 Å². The summed E-state index contributed by atoms with van der Waals surface area (Å²) in [6, 6.07) is 15.9. The maximum absolute atomic E-state index is 12.8. The number of benzene rings is 2. The van der Waals surface area contributed by atoms with E-state index in [0.29, 0.717) is 29.7 Å². The molecule has 4 rings (SSSR count). The van der Waals surface area contributed by atoms with E-state index in [0.717, 1.165) is 36.1 Å². The average molecular weight is 498 g/mol. The van der Waals surface area contributed by atoms with Crippen LogP contribution in [0.15, 0.2) is 60.0 Å². The van der Waals surface area contributed by atoms with Crippen molar-refractivity contribution in [3.8, 4) is 5.69 Å². The van der Waals surface area contributed by atoms with Crippen LogP contribution in [0.3, 0.4) is 0 Å². The summed E-state index contributed by atoms with van der Waals surface area (Å²) in [5.74, 6) is 0.418. The third kappa shape index (κ3) is 6.39. The fourth-order valence-corrected chi connectivity index (χ4v) is 4.93. The van der Waals surface area contributed by atoms with Crippen molar-refractivity contribution in [2.75, 3.05) is 18.8 Å². The molecule has 2 amide bonds. The second kappa shape index (κ2) is 11.5. The van der Waals surface area contributed by atoms with Gasteiger partial charge in [0.25, 0.3) is 0 Å². The molecule has 1 aliphatic rings. The lowest BCUT2D eigenvalue weighted by molar-refractivity contribution is -0.129. The van der Waals surface area contributed by atoms with Crippen LogP contribution in [0.1, 0.15) is 30.4 Å². The number of hydrogen-bond acceptors (Lipinski definition) is 5. The Labute approximate surface area is 208 Å². The SMILES string of the molecule is Cc1ccc(-n2cnnc2SCC(=O)N2CCC(NC(=O)CCc3ccccc3)CC2)cc1Cl. The van der Waals surface area contributed by atoms with Crippen LogP contribution < -0.4 is 5.32 Å². The average Bonchev–Trinajstić information content (AvgIpc) is 3.33. The predicted octanol–water partition coefficient (Wildman–Crippen LogP) is 4.06. The first-order valence-corrected chi connectivity index (χ1v) is 12.8. The Kier molecular flexibility index (Phi) is 8.24. The number of nitrogens with zero attached hydrogens (tertiary/aromatic N) is 4. The Morgan fingerprint density at radius 3 is 2.65 bits per heavy atom. The molecule has 1 fully saturated rings. The van der Waals surface area contributed by atoms with E-state index < -0.39 is 0 Å².